The second-order valence-electron chi connectivity index (χ2n) is 5.17. The second kappa shape index (κ2) is 4.75. The van der Waals surface area contributed by atoms with Crippen molar-refractivity contribution < 1.29 is 4.74 Å². The Labute approximate surface area is 108 Å². The highest BCUT2D eigenvalue weighted by atomic mass is 16.5. The van der Waals surface area contributed by atoms with Gasteiger partial charge in [0.25, 0.3) is 0 Å². The molecule has 2 heterocycles. The first-order valence-electron chi connectivity index (χ1n) is 6.64. The number of ether oxygens (including phenoxy) is 1. The lowest BCUT2D eigenvalue weighted by Crippen LogP contribution is -2.45. The van der Waals surface area contributed by atoms with Gasteiger partial charge < -0.3 is 15.0 Å². The molecule has 1 aliphatic heterocycles. The molecule has 2 aromatic rings. The highest BCUT2D eigenvalue weighted by Crippen LogP contribution is 2.30. The first kappa shape index (κ1) is 11.8. The summed E-state index contributed by atoms with van der Waals surface area (Å²) in [6.07, 6.45) is 5.19. The van der Waals surface area contributed by atoms with E-state index in [9.17, 15) is 0 Å². The molecule has 0 amide bonds. The molecule has 0 saturated carbocycles. The van der Waals surface area contributed by atoms with E-state index in [0.717, 1.165) is 32.4 Å². The molecule has 1 fully saturated rings. The average molecular weight is 244 g/mol. The van der Waals surface area contributed by atoms with Crippen LogP contribution in [0.3, 0.4) is 0 Å². The zero-order chi connectivity index (χ0) is 12.4. The lowest BCUT2D eigenvalue weighted by molar-refractivity contribution is -0.0331. The predicted octanol–water partition coefficient (Wildman–Crippen LogP) is 2.48. The lowest BCUT2D eigenvalue weighted by atomic mass is 9.85. The van der Waals surface area contributed by atoms with Gasteiger partial charge in [0.2, 0.25) is 0 Å². The Kier molecular flexibility index (Phi) is 3.10. The average Bonchev–Trinajstić information content (AvgIpc) is 2.89. The molecule has 3 heteroatoms. The Morgan fingerprint density at radius 1 is 1.22 bits per heavy atom. The molecule has 18 heavy (non-hydrogen) atoms. The van der Waals surface area contributed by atoms with Gasteiger partial charge in [0.05, 0.1) is 5.60 Å². The summed E-state index contributed by atoms with van der Waals surface area (Å²) >= 11 is 0. The maximum Gasteiger partial charge on any atom is 0.0743 e. The third-order valence-corrected chi connectivity index (χ3v) is 4.15. The molecule has 0 aliphatic carbocycles. The van der Waals surface area contributed by atoms with Crippen molar-refractivity contribution in [2.45, 2.75) is 24.9 Å². The minimum atomic E-state index is 0.0107. The van der Waals surface area contributed by atoms with Crippen molar-refractivity contribution in [3.8, 4) is 0 Å². The number of rotatable bonds is 3. The van der Waals surface area contributed by atoms with Crippen molar-refractivity contribution in [3.63, 3.8) is 0 Å². The molecule has 1 saturated heterocycles. The molecule has 1 aromatic carbocycles. The van der Waals surface area contributed by atoms with Gasteiger partial charge in [-0.15, -0.1) is 0 Å². The molecule has 3 rings (SSSR count). The van der Waals surface area contributed by atoms with Crippen LogP contribution < -0.4 is 5.32 Å². The largest absolute Gasteiger partial charge is 0.378 e. The number of aromatic amines is 1. The summed E-state index contributed by atoms with van der Waals surface area (Å²) in [5.41, 5.74) is 2.61. The van der Waals surface area contributed by atoms with Gasteiger partial charge in [0, 0.05) is 30.6 Å². The maximum atomic E-state index is 5.86. The third kappa shape index (κ3) is 2.04. The maximum absolute atomic E-state index is 5.86. The standard InChI is InChI=1S/C15H20N2O/c1-18-15(6-9-16-10-7-15)11-12-3-2-4-14-13(12)5-8-17-14/h2-5,8,16-17H,6-7,9-11H2,1H3. The van der Waals surface area contributed by atoms with Crippen molar-refractivity contribution in [2.75, 3.05) is 20.2 Å². The molecule has 1 aromatic heterocycles. The van der Waals surface area contributed by atoms with Gasteiger partial charge in [0.1, 0.15) is 0 Å². The Bertz CT molecular complexity index is 526. The van der Waals surface area contributed by atoms with Gasteiger partial charge in [0.15, 0.2) is 0 Å². The predicted molar refractivity (Wildman–Crippen MR) is 73.8 cm³/mol. The van der Waals surface area contributed by atoms with Gasteiger partial charge in [-0.3, -0.25) is 0 Å². The van der Waals surface area contributed by atoms with E-state index in [-0.39, 0.29) is 5.60 Å². The fourth-order valence-corrected chi connectivity index (χ4v) is 2.99. The van der Waals surface area contributed by atoms with Crippen LogP contribution in [-0.2, 0) is 11.2 Å². The first-order chi connectivity index (χ1) is 8.83. The van der Waals surface area contributed by atoms with Gasteiger partial charge in [-0.05, 0) is 43.6 Å². The van der Waals surface area contributed by atoms with E-state index in [4.69, 9.17) is 4.74 Å². The van der Waals surface area contributed by atoms with Crippen molar-refractivity contribution >= 4 is 10.9 Å². The van der Waals surface area contributed by atoms with Gasteiger partial charge in [-0.25, -0.2) is 0 Å². The summed E-state index contributed by atoms with van der Waals surface area (Å²) in [6.45, 7) is 2.11. The summed E-state index contributed by atoms with van der Waals surface area (Å²) in [7, 11) is 1.85. The summed E-state index contributed by atoms with van der Waals surface area (Å²) in [5.74, 6) is 0. The van der Waals surface area contributed by atoms with Crippen molar-refractivity contribution in [1.29, 1.82) is 0 Å². The second-order valence-corrected chi connectivity index (χ2v) is 5.17. The summed E-state index contributed by atoms with van der Waals surface area (Å²) in [6, 6.07) is 8.63. The minimum absolute atomic E-state index is 0.0107. The first-order valence-corrected chi connectivity index (χ1v) is 6.64. The SMILES string of the molecule is COC1(Cc2cccc3[nH]ccc23)CCNCC1. The normalized spacial score (nSPS) is 19.2. The highest BCUT2D eigenvalue weighted by Gasteiger charge is 2.32. The van der Waals surface area contributed by atoms with E-state index in [0.29, 0.717) is 0 Å². The van der Waals surface area contributed by atoms with E-state index in [1.165, 1.54) is 16.5 Å². The zero-order valence-electron chi connectivity index (χ0n) is 10.8. The van der Waals surface area contributed by atoms with E-state index in [2.05, 4.69) is 34.6 Å². The van der Waals surface area contributed by atoms with Crippen LogP contribution in [0.4, 0.5) is 0 Å². The quantitative estimate of drug-likeness (QED) is 0.870. The molecule has 0 unspecified atom stereocenters. The van der Waals surface area contributed by atoms with E-state index in [1.54, 1.807) is 0 Å². The fraction of sp³-hybridized carbons (Fsp3) is 0.467. The van der Waals surface area contributed by atoms with E-state index < -0.39 is 0 Å². The van der Waals surface area contributed by atoms with Gasteiger partial charge >= 0.3 is 0 Å². The lowest BCUT2D eigenvalue weighted by Gasteiger charge is -2.36. The molecule has 2 N–H and O–H groups in total. The molecule has 0 radical (unpaired) electrons. The highest BCUT2D eigenvalue weighted by molar-refractivity contribution is 5.82. The monoisotopic (exact) mass is 244 g/mol. The Balaban J connectivity index is 1.92. The third-order valence-electron chi connectivity index (χ3n) is 4.15. The van der Waals surface area contributed by atoms with Crippen LogP contribution in [0.15, 0.2) is 30.5 Å². The van der Waals surface area contributed by atoms with Crippen LogP contribution in [0.1, 0.15) is 18.4 Å². The van der Waals surface area contributed by atoms with Gasteiger partial charge in [-0.1, -0.05) is 12.1 Å². The van der Waals surface area contributed by atoms with Crippen molar-refractivity contribution in [3.05, 3.63) is 36.0 Å². The molecule has 1 aliphatic rings. The molecule has 3 nitrogen and oxygen atoms in total. The number of fused-ring (bicyclic) bond motifs is 1. The van der Waals surface area contributed by atoms with E-state index >= 15 is 0 Å². The molecule has 0 atom stereocenters. The van der Waals surface area contributed by atoms with E-state index in [1.807, 2.05) is 13.3 Å². The minimum Gasteiger partial charge on any atom is -0.378 e. The summed E-state index contributed by atoms with van der Waals surface area (Å²) < 4.78 is 5.86. The number of H-pyrrole nitrogens is 1. The van der Waals surface area contributed by atoms with Crippen LogP contribution >= 0.6 is 0 Å². The number of hydrogen-bond acceptors (Lipinski definition) is 2. The molecule has 0 bridgehead atoms. The molecular formula is C15H20N2O. The summed E-state index contributed by atoms with van der Waals surface area (Å²) in [5, 5.41) is 4.73. The number of hydrogen-bond donors (Lipinski definition) is 2. The number of aromatic nitrogens is 1. The van der Waals surface area contributed by atoms with Crippen LogP contribution in [0.25, 0.3) is 10.9 Å². The van der Waals surface area contributed by atoms with Crippen LogP contribution in [0.5, 0.6) is 0 Å². The number of piperidine rings is 1. The molecule has 0 spiro atoms. The number of benzene rings is 1. The van der Waals surface area contributed by atoms with Crippen LogP contribution in [-0.4, -0.2) is 30.8 Å². The summed E-state index contributed by atoms with van der Waals surface area (Å²) in [4.78, 5) is 3.27. The Hall–Kier alpha value is -1.32. The number of nitrogens with one attached hydrogen (secondary N) is 2. The smallest absolute Gasteiger partial charge is 0.0743 e. The number of methoxy groups -OCH3 is 1. The van der Waals surface area contributed by atoms with Gasteiger partial charge in [-0.2, -0.15) is 0 Å². The molecular weight excluding hydrogens is 224 g/mol. The van der Waals surface area contributed by atoms with Crippen LogP contribution in [0, 0.1) is 0 Å². The van der Waals surface area contributed by atoms with Crippen molar-refractivity contribution in [1.82, 2.24) is 10.3 Å². The molecule has 96 valence electrons. The zero-order valence-corrected chi connectivity index (χ0v) is 10.8. The fourth-order valence-electron chi connectivity index (χ4n) is 2.99. The van der Waals surface area contributed by atoms with Crippen LogP contribution in [0.2, 0.25) is 0 Å². The Morgan fingerprint density at radius 2 is 2.06 bits per heavy atom. The Morgan fingerprint density at radius 3 is 2.83 bits per heavy atom. The van der Waals surface area contributed by atoms with Crippen molar-refractivity contribution in [2.24, 2.45) is 0 Å². The topological polar surface area (TPSA) is 37.0 Å².